The molecule has 2 aromatic carbocycles. The fourth-order valence-electron chi connectivity index (χ4n) is 4.24. The number of aliphatic hydroxyl groups is 1. The quantitative estimate of drug-likeness (QED) is 0.441. The van der Waals surface area contributed by atoms with Crippen LogP contribution in [0.25, 0.3) is 0 Å². The fourth-order valence-corrected chi connectivity index (χ4v) is 7.25. The predicted molar refractivity (Wildman–Crippen MR) is 147 cm³/mol. The van der Waals surface area contributed by atoms with Crippen molar-refractivity contribution in [2.24, 2.45) is 5.92 Å². The maximum Gasteiger partial charge on any atom is 0.247 e. The third kappa shape index (κ3) is 6.35. The summed E-state index contributed by atoms with van der Waals surface area (Å²) in [5.74, 6) is 4.98. The van der Waals surface area contributed by atoms with Crippen LogP contribution in [0.5, 0.6) is 5.75 Å². The number of nitrogens with zero attached hydrogens (tertiary/aromatic N) is 3. The molecule has 4 rings (SSSR count). The summed E-state index contributed by atoms with van der Waals surface area (Å²) in [7, 11) is -6.68. The largest absolute Gasteiger partial charge is 0.487 e. The minimum Gasteiger partial charge on any atom is -0.487 e. The van der Waals surface area contributed by atoms with Crippen LogP contribution in [0.15, 0.2) is 76.8 Å². The Labute approximate surface area is 234 Å². The smallest absolute Gasteiger partial charge is 0.247 e. The standard InChI is InChI=1S/C28H30FN3O6S2/c1-20-17-32(21(2)19-33)40(36,37)28-11-6-23(5-4-22-12-14-30-15-13-22)16-26(28)38-27(20)18-31(3)39(34,35)25-9-7-24(29)8-10-25/h6-16,20-21,27,33H,17-19H2,1-3H3/t20-,21+,27+/m0/s1. The molecule has 0 spiro atoms. The van der Waals surface area contributed by atoms with Crippen molar-refractivity contribution < 1.29 is 31.1 Å². The van der Waals surface area contributed by atoms with Gasteiger partial charge < -0.3 is 9.84 Å². The number of likely N-dealkylation sites (N-methyl/N-ethyl adjacent to an activating group) is 1. The normalized spacial score (nSPS) is 19.9. The van der Waals surface area contributed by atoms with E-state index in [0.717, 1.165) is 22.0 Å². The maximum absolute atomic E-state index is 13.7. The van der Waals surface area contributed by atoms with E-state index in [9.17, 15) is 26.3 Å². The molecule has 3 aromatic rings. The number of sulfonamides is 2. The monoisotopic (exact) mass is 587 g/mol. The lowest BCUT2D eigenvalue weighted by molar-refractivity contribution is 0.0904. The molecule has 0 fully saturated rings. The van der Waals surface area contributed by atoms with E-state index in [4.69, 9.17) is 4.74 Å². The van der Waals surface area contributed by atoms with Gasteiger partial charge in [0.05, 0.1) is 18.0 Å². The number of hydrogen-bond acceptors (Lipinski definition) is 7. The van der Waals surface area contributed by atoms with Gasteiger partial charge in [-0.05, 0) is 61.5 Å². The second-order valence-corrected chi connectivity index (χ2v) is 13.5. The van der Waals surface area contributed by atoms with Gasteiger partial charge >= 0.3 is 0 Å². The van der Waals surface area contributed by atoms with Crippen molar-refractivity contribution in [3.63, 3.8) is 0 Å². The molecule has 0 bridgehead atoms. The highest BCUT2D eigenvalue weighted by Crippen LogP contribution is 2.34. The highest BCUT2D eigenvalue weighted by atomic mass is 32.2. The van der Waals surface area contributed by atoms with E-state index in [-0.39, 0.29) is 28.6 Å². The number of aromatic nitrogens is 1. The van der Waals surface area contributed by atoms with E-state index in [1.165, 1.54) is 35.6 Å². The number of rotatable bonds is 6. The van der Waals surface area contributed by atoms with E-state index < -0.39 is 50.5 Å². The number of ether oxygens (including phenoxy) is 1. The van der Waals surface area contributed by atoms with Crippen molar-refractivity contribution >= 4 is 20.0 Å². The molecule has 212 valence electrons. The molecule has 0 radical (unpaired) electrons. The summed E-state index contributed by atoms with van der Waals surface area (Å²) in [6.07, 6.45) is 2.45. The molecule has 0 aliphatic carbocycles. The van der Waals surface area contributed by atoms with Gasteiger partial charge in [-0.3, -0.25) is 4.98 Å². The molecule has 1 aliphatic heterocycles. The van der Waals surface area contributed by atoms with Gasteiger partial charge in [-0.25, -0.2) is 21.2 Å². The van der Waals surface area contributed by atoms with Gasteiger partial charge in [0.2, 0.25) is 20.0 Å². The maximum atomic E-state index is 13.7. The van der Waals surface area contributed by atoms with E-state index >= 15 is 0 Å². The zero-order chi connectivity index (χ0) is 29.1. The summed E-state index contributed by atoms with van der Waals surface area (Å²) in [6.45, 7) is 2.83. The van der Waals surface area contributed by atoms with E-state index in [0.29, 0.717) is 5.56 Å². The number of hydrogen-bond donors (Lipinski definition) is 1. The topological polar surface area (TPSA) is 117 Å². The lowest BCUT2D eigenvalue weighted by Gasteiger charge is -2.37. The summed E-state index contributed by atoms with van der Waals surface area (Å²) < 4.78 is 75.7. The van der Waals surface area contributed by atoms with Crippen molar-refractivity contribution in [1.29, 1.82) is 0 Å². The molecule has 1 N–H and O–H groups in total. The van der Waals surface area contributed by atoms with Crippen LogP contribution in [0.4, 0.5) is 4.39 Å². The van der Waals surface area contributed by atoms with Crippen molar-refractivity contribution in [2.75, 3.05) is 26.7 Å². The van der Waals surface area contributed by atoms with Crippen LogP contribution in [0.1, 0.15) is 25.0 Å². The van der Waals surface area contributed by atoms with Crippen LogP contribution in [-0.4, -0.2) is 74.4 Å². The summed E-state index contributed by atoms with van der Waals surface area (Å²) in [6, 6.07) is 11.8. The Balaban J connectivity index is 1.74. The molecular formula is C28H30FN3O6S2. The first kappa shape index (κ1) is 29.6. The summed E-state index contributed by atoms with van der Waals surface area (Å²) >= 11 is 0. The second kappa shape index (κ2) is 12.0. The summed E-state index contributed by atoms with van der Waals surface area (Å²) in [4.78, 5) is 3.77. The Kier molecular flexibility index (Phi) is 8.92. The molecule has 0 unspecified atom stereocenters. The van der Waals surface area contributed by atoms with Crippen LogP contribution in [0.2, 0.25) is 0 Å². The number of pyridine rings is 1. The van der Waals surface area contributed by atoms with Gasteiger partial charge in [0.1, 0.15) is 22.6 Å². The van der Waals surface area contributed by atoms with Crippen LogP contribution in [0, 0.1) is 23.6 Å². The zero-order valence-electron chi connectivity index (χ0n) is 22.2. The van der Waals surface area contributed by atoms with Crippen molar-refractivity contribution in [2.45, 2.75) is 35.8 Å². The first-order valence-electron chi connectivity index (χ1n) is 12.5. The van der Waals surface area contributed by atoms with E-state index in [1.807, 2.05) is 0 Å². The van der Waals surface area contributed by atoms with Crippen molar-refractivity contribution in [1.82, 2.24) is 13.6 Å². The lowest BCUT2D eigenvalue weighted by atomic mass is 10.0. The molecule has 3 atom stereocenters. The number of fused-ring (bicyclic) bond motifs is 1. The number of aliphatic hydroxyl groups excluding tert-OH is 1. The van der Waals surface area contributed by atoms with E-state index in [2.05, 4.69) is 16.8 Å². The highest BCUT2D eigenvalue weighted by molar-refractivity contribution is 7.89. The molecular weight excluding hydrogens is 557 g/mol. The van der Waals surface area contributed by atoms with Gasteiger partial charge in [0.15, 0.2) is 0 Å². The Hall–Kier alpha value is -3.34. The van der Waals surface area contributed by atoms with Gasteiger partial charge in [-0.15, -0.1) is 0 Å². The Morgan fingerprint density at radius 1 is 1.12 bits per heavy atom. The minimum absolute atomic E-state index is 0.0117. The van der Waals surface area contributed by atoms with E-state index in [1.54, 1.807) is 44.4 Å². The molecule has 40 heavy (non-hydrogen) atoms. The van der Waals surface area contributed by atoms with Crippen LogP contribution >= 0.6 is 0 Å². The van der Waals surface area contributed by atoms with Gasteiger partial charge in [0.25, 0.3) is 0 Å². The Morgan fingerprint density at radius 2 is 1.77 bits per heavy atom. The van der Waals surface area contributed by atoms with Crippen LogP contribution in [-0.2, 0) is 20.0 Å². The number of halogens is 1. The summed E-state index contributed by atoms with van der Waals surface area (Å²) in [5, 5.41) is 9.83. The van der Waals surface area contributed by atoms with Crippen LogP contribution < -0.4 is 4.74 Å². The average molecular weight is 588 g/mol. The third-order valence-corrected chi connectivity index (χ3v) is 10.5. The molecule has 0 saturated heterocycles. The first-order chi connectivity index (χ1) is 18.9. The van der Waals surface area contributed by atoms with Crippen molar-refractivity contribution in [3.8, 4) is 17.6 Å². The summed E-state index contributed by atoms with van der Waals surface area (Å²) in [5.41, 5.74) is 1.21. The SMILES string of the molecule is C[C@H](CO)N1C[C@H](C)[C@@H](CN(C)S(=O)(=O)c2ccc(F)cc2)Oc2cc(C#Cc3ccncc3)ccc2S1(=O)=O. The van der Waals surface area contributed by atoms with Crippen molar-refractivity contribution in [3.05, 3.63) is 83.9 Å². The number of benzene rings is 2. The Morgan fingerprint density at radius 3 is 2.42 bits per heavy atom. The molecule has 2 heterocycles. The van der Waals surface area contributed by atoms with Gasteiger partial charge in [0, 0.05) is 49.1 Å². The third-order valence-electron chi connectivity index (χ3n) is 6.66. The zero-order valence-corrected chi connectivity index (χ0v) is 23.9. The molecule has 9 nitrogen and oxygen atoms in total. The highest BCUT2D eigenvalue weighted by Gasteiger charge is 2.39. The predicted octanol–water partition coefficient (Wildman–Crippen LogP) is 2.71. The average Bonchev–Trinajstić information content (AvgIpc) is 2.94. The minimum atomic E-state index is -4.07. The molecule has 1 aromatic heterocycles. The first-order valence-corrected chi connectivity index (χ1v) is 15.4. The molecule has 0 saturated carbocycles. The lowest BCUT2D eigenvalue weighted by Crippen LogP contribution is -2.50. The molecule has 1 aliphatic rings. The van der Waals surface area contributed by atoms with Crippen LogP contribution in [0.3, 0.4) is 0 Å². The fraction of sp³-hybridized carbons (Fsp3) is 0.321. The molecule has 12 heteroatoms. The van der Waals surface area contributed by atoms with Gasteiger partial charge in [-0.2, -0.15) is 8.61 Å². The second-order valence-electron chi connectivity index (χ2n) is 9.63. The molecule has 0 amide bonds. The van der Waals surface area contributed by atoms with Gasteiger partial charge in [-0.1, -0.05) is 18.8 Å². The Bertz CT molecular complexity index is 1620.